The minimum absolute atomic E-state index is 0.0753. The van der Waals surface area contributed by atoms with E-state index in [1.165, 1.54) is 31.1 Å². The summed E-state index contributed by atoms with van der Waals surface area (Å²) in [6.07, 6.45) is 6.24. The number of amides is 1. The van der Waals surface area contributed by atoms with Gasteiger partial charge in [-0.3, -0.25) is 14.4 Å². The molecule has 7 heteroatoms. The number of anilines is 1. The van der Waals surface area contributed by atoms with Gasteiger partial charge < -0.3 is 5.32 Å². The van der Waals surface area contributed by atoms with Gasteiger partial charge in [0.25, 0.3) is 0 Å². The van der Waals surface area contributed by atoms with Gasteiger partial charge in [0.1, 0.15) is 0 Å². The SMILES string of the molecule is CC(=O)Nc1nc(CN2CCC[C@H]2Cn2cccn2)cs1. The van der Waals surface area contributed by atoms with Gasteiger partial charge in [-0.25, -0.2) is 4.98 Å². The Kier molecular flexibility index (Phi) is 4.31. The Morgan fingerprint density at radius 2 is 2.48 bits per heavy atom. The van der Waals surface area contributed by atoms with E-state index in [4.69, 9.17) is 0 Å². The second-order valence-corrected chi connectivity index (χ2v) is 6.18. The van der Waals surface area contributed by atoms with Crippen molar-refractivity contribution < 1.29 is 4.79 Å². The summed E-state index contributed by atoms with van der Waals surface area (Å²) in [5, 5.41) is 9.72. The molecule has 0 aliphatic carbocycles. The number of likely N-dealkylation sites (tertiary alicyclic amines) is 1. The van der Waals surface area contributed by atoms with Crippen LogP contribution in [0.15, 0.2) is 23.8 Å². The van der Waals surface area contributed by atoms with Gasteiger partial charge in [-0.05, 0) is 25.5 Å². The molecule has 0 saturated carbocycles. The number of nitrogens with zero attached hydrogens (tertiary/aromatic N) is 4. The van der Waals surface area contributed by atoms with Crippen LogP contribution in [-0.4, -0.2) is 38.2 Å². The van der Waals surface area contributed by atoms with Gasteiger partial charge in [-0.2, -0.15) is 5.10 Å². The first kappa shape index (κ1) is 14.2. The predicted molar refractivity (Wildman–Crippen MR) is 82.1 cm³/mol. The molecule has 0 unspecified atom stereocenters. The summed E-state index contributed by atoms with van der Waals surface area (Å²) in [5.41, 5.74) is 1.02. The van der Waals surface area contributed by atoms with Crippen LogP contribution in [0.5, 0.6) is 0 Å². The molecule has 21 heavy (non-hydrogen) atoms. The largest absolute Gasteiger partial charge is 0.302 e. The summed E-state index contributed by atoms with van der Waals surface area (Å²) in [5.74, 6) is -0.0753. The molecule has 2 aromatic heterocycles. The smallest absolute Gasteiger partial charge is 0.223 e. The molecule has 2 aromatic rings. The highest BCUT2D eigenvalue weighted by molar-refractivity contribution is 7.13. The van der Waals surface area contributed by atoms with E-state index in [0.717, 1.165) is 25.3 Å². The lowest BCUT2D eigenvalue weighted by Gasteiger charge is -2.23. The fraction of sp³-hybridized carbons (Fsp3) is 0.500. The average Bonchev–Trinajstić information content (AvgIpc) is 3.14. The van der Waals surface area contributed by atoms with Crippen LogP contribution >= 0.6 is 11.3 Å². The highest BCUT2D eigenvalue weighted by atomic mass is 32.1. The zero-order valence-electron chi connectivity index (χ0n) is 12.0. The third-order valence-electron chi connectivity index (χ3n) is 3.66. The molecule has 1 atom stereocenters. The van der Waals surface area contributed by atoms with Crippen LogP contribution in [0.1, 0.15) is 25.5 Å². The summed E-state index contributed by atoms with van der Waals surface area (Å²) in [7, 11) is 0. The molecule has 6 nitrogen and oxygen atoms in total. The van der Waals surface area contributed by atoms with Gasteiger partial charge in [0, 0.05) is 37.3 Å². The van der Waals surface area contributed by atoms with Crippen molar-refractivity contribution in [2.75, 3.05) is 11.9 Å². The number of thiazole rings is 1. The number of rotatable bonds is 5. The monoisotopic (exact) mass is 305 g/mol. The third-order valence-corrected chi connectivity index (χ3v) is 4.46. The molecule has 112 valence electrons. The number of carbonyl (C=O) groups is 1. The van der Waals surface area contributed by atoms with Crippen molar-refractivity contribution in [1.29, 1.82) is 0 Å². The van der Waals surface area contributed by atoms with Crippen LogP contribution < -0.4 is 5.32 Å². The molecule has 1 N–H and O–H groups in total. The number of aromatic nitrogens is 3. The minimum atomic E-state index is -0.0753. The third kappa shape index (κ3) is 3.68. The van der Waals surface area contributed by atoms with Crippen LogP contribution in [0.25, 0.3) is 0 Å². The van der Waals surface area contributed by atoms with Gasteiger partial charge in [0.15, 0.2) is 5.13 Å². The van der Waals surface area contributed by atoms with E-state index < -0.39 is 0 Å². The van der Waals surface area contributed by atoms with E-state index >= 15 is 0 Å². The summed E-state index contributed by atoms with van der Waals surface area (Å²) in [6.45, 7) is 4.36. The first-order chi connectivity index (χ1) is 10.2. The summed E-state index contributed by atoms with van der Waals surface area (Å²) >= 11 is 1.48. The van der Waals surface area contributed by atoms with E-state index in [0.29, 0.717) is 11.2 Å². The molecule has 0 spiro atoms. The lowest BCUT2D eigenvalue weighted by Crippen LogP contribution is -2.32. The lowest BCUT2D eigenvalue weighted by atomic mass is 10.2. The van der Waals surface area contributed by atoms with Crippen molar-refractivity contribution in [2.24, 2.45) is 0 Å². The summed E-state index contributed by atoms with van der Waals surface area (Å²) in [4.78, 5) is 18.0. The Balaban J connectivity index is 1.60. The highest BCUT2D eigenvalue weighted by Crippen LogP contribution is 2.23. The van der Waals surface area contributed by atoms with E-state index in [1.54, 1.807) is 0 Å². The molecule has 1 aliphatic rings. The van der Waals surface area contributed by atoms with Gasteiger partial charge in [0.2, 0.25) is 5.91 Å². The Labute approximate surface area is 127 Å². The fourth-order valence-corrected chi connectivity index (χ4v) is 3.48. The zero-order valence-corrected chi connectivity index (χ0v) is 12.8. The quantitative estimate of drug-likeness (QED) is 0.917. The fourth-order valence-electron chi connectivity index (χ4n) is 2.73. The molecule has 0 radical (unpaired) electrons. The number of nitrogens with one attached hydrogen (secondary N) is 1. The van der Waals surface area contributed by atoms with Crippen LogP contribution in [0, 0.1) is 0 Å². The van der Waals surface area contributed by atoms with Crippen molar-refractivity contribution in [2.45, 2.75) is 38.9 Å². The second kappa shape index (κ2) is 6.36. The van der Waals surface area contributed by atoms with Crippen LogP contribution in [0.2, 0.25) is 0 Å². The standard InChI is InChI=1S/C14H19N5OS/c1-11(20)16-14-17-12(10-21-14)8-18-6-2-4-13(18)9-19-7-3-5-15-19/h3,5,7,10,13H,2,4,6,8-9H2,1H3,(H,16,17,20)/t13-/m0/s1. The van der Waals surface area contributed by atoms with Crippen LogP contribution in [-0.2, 0) is 17.9 Å². The summed E-state index contributed by atoms with van der Waals surface area (Å²) < 4.78 is 1.99. The van der Waals surface area contributed by atoms with Crippen molar-refractivity contribution in [3.63, 3.8) is 0 Å². The van der Waals surface area contributed by atoms with Crippen molar-refractivity contribution >= 4 is 22.4 Å². The molecule has 0 bridgehead atoms. The molecule has 1 aliphatic heterocycles. The molecule has 1 saturated heterocycles. The molecular formula is C14H19N5OS. The molecule has 3 rings (SSSR count). The predicted octanol–water partition coefficient (Wildman–Crippen LogP) is 1.96. The first-order valence-electron chi connectivity index (χ1n) is 7.14. The van der Waals surface area contributed by atoms with Gasteiger partial charge in [0.05, 0.1) is 12.2 Å². The zero-order chi connectivity index (χ0) is 14.7. The molecule has 3 heterocycles. The maximum atomic E-state index is 11.0. The van der Waals surface area contributed by atoms with E-state index in [1.807, 2.05) is 28.5 Å². The lowest BCUT2D eigenvalue weighted by molar-refractivity contribution is -0.114. The molecular weight excluding hydrogens is 286 g/mol. The van der Waals surface area contributed by atoms with Gasteiger partial charge in [-0.1, -0.05) is 0 Å². The Morgan fingerprint density at radius 1 is 1.57 bits per heavy atom. The highest BCUT2D eigenvalue weighted by Gasteiger charge is 2.25. The Hall–Kier alpha value is -1.73. The van der Waals surface area contributed by atoms with Crippen molar-refractivity contribution in [3.05, 3.63) is 29.5 Å². The van der Waals surface area contributed by atoms with E-state index in [2.05, 4.69) is 20.3 Å². The maximum Gasteiger partial charge on any atom is 0.223 e. The first-order valence-corrected chi connectivity index (χ1v) is 8.02. The van der Waals surface area contributed by atoms with E-state index in [9.17, 15) is 4.79 Å². The number of hydrogen-bond acceptors (Lipinski definition) is 5. The summed E-state index contributed by atoms with van der Waals surface area (Å²) in [6, 6.07) is 2.47. The minimum Gasteiger partial charge on any atom is -0.302 e. The normalized spacial score (nSPS) is 19.0. The second-order valence-electron chi connectivity index (χ2n) is 5.32. The molecule has 1 amide bonds. The topological polar surface area (TPSA) is 63.1 Å². The van der Waals surface area contributed by atoms with Gasteiger partial charge >= 0.3 is 0 Å². The maximum absolute atomic E-state index is 11.0. The number of hydrogen-bond donors (Lipinski definition) is 1. The molecule has 0 aromatic carbocycles. The molecule has 1 fully saturated rings. The van der Waals surface area contributed by atoms with Gasteiger partial charge in [-0.15, -0.1) is 11.3 Å². The van der Waals surface area contributed by atoms with Crippen molar-refractivity contribution in [1.82, 2.24) is 19.7 Å². The van der Waals surface area contributed by atoms with E-state index in [-0.39, 0.29) is 5.91 Å². The van der Waals surface area contributed by atoms with Crippen molar-refractivity contribution in [3.8, 4) is 0 Å². The van der Waals surface area contributed by atoms with Crippen LogP contribution in [0.4, 0.5) is 5.13 Å². The number of carbonyl (C=O) groups excluding carboxylic acids is 1. The Bertz CT molecular complexity index is 594. The average molecular weight is 305 g/mol. The van der Waals surface area contributed by atoms with Crippen LogP contribution in [0.3, 0.4) is 0 Å². The Morgan fingerprint density at radius 3 is 3.24 bits per heavy atom.